The summed E-state index contributed by atoms with van der Waals surface area (Å²) in [5, 5.41) is 19.6. The minimum absolute atomic E-state index is 0.120. The highest BCUT2D eigenvalue weighted by molar-refractivity contribution is 6.09. The topological polar surface area (TPSA) is 82.8 Å². The van der Waals surface area contributed by atoms with Crippen molar-refractivity contribution in [1.82, 2.24) is 25.0 Å². The van der Waals surface area contributed by atoms with Crippen LogP contribution in [0.25, 0.3) is 84.4 Å². The van der Waals surface area contributed by atoms with Gasteiger partial charge in [0.2, 0.25) is 23.6 Å². The normalized spacial score (nSPS) is 11.8. The smallest absolute Gasteiger partial charge is 0.248 e. The number of nitrogens with zero attached hydrogens (tertiary/aromatic N) is 5. The van der Waals surface area contributed by atoms with Crippen LogP contribution in [-0.4, -0.2) is 25.0 Å². The van der Waals surface area contributed by atoms with E-state index in [0.717, 1.165) is 59.3 Å². The number of aryl methyl sites for hydroxylation is 3. The predicted molar refractivity (Wildman–Crippen MR) is 343 cm³/mol. The Labute approximate surface area is 487 Å². The molecule has 0 bridgehead atoms. The van der Waals surface area contributed by atoms with Gasteiger partial charge in [-0.2, -0.15) is 0 Å². The fourth-order valence-corrected chi connectivity index (χ4v) is 10.0. The number of fused-ring (bicyclic) bond motifs is 3. The monoisotopic (exact) mass is 1090 g/mol. The molecule has 11 aromatic rings. The first-order valence-electron chi connectivity index (χ1n) is 29.6. The summed E-state index contributed by atoms with van der Waals surface area (Å²) in [5.41, 5.74) is 16.9. The summed E-state index contributed by atoms with van der Waals surface area (Å²) >= 11 is 0. The third-order valence-corrected chi connectivity index (χ3v) is 15.3. The lowest BCUT2D eigenvalue weighted by atomic mass is 9.87. The van der Waals surface area contributed by atoms with E-state index < -0.39 is 0 Å². The van der Waals surface area contributed by atoms with E-state index in [0.29, 0.717) is 23.6 Å². The maximum atomic E-state index is 5.97. The highest BCUT2D eigenvalue weighted by Crippen LogP contribution is 2.34. The lowest BCUT2D eigenvalue weighted by Gasteiger charge is -2.18. The largest absolute Gasteiger partial charge is 0.416 e. The first kappa shape index (κ1) is 58.5. The zero-order valence-corrected chi connectivity index (χ0v) is 50.5. The molecule has 0 N–H and O–H groups in total. The number of para-hydroxylation sites is 2. The van der Waals surface area contributed by atoms with Gasteiger partial charge in [-0.3, -0.25) is 0 Å². The average molecular weight is 1090 g/mol. The van der Waals surface area contributed by atoms with E-state index >= 15 is 0 Å². The lowest BCUT2D eigenvalue weighted by molar-refractivity contribution is 0.581. The number of hydrogen-bond acceptors (Lipinski definition) is 6. The predicted octanol–water partition coefficient (Wildman–Crippen LogP) is 20.6. The molecule has 0 aliphatic heterocycles. The van der Waals surface area contributed by atoms with Crippen LogP contribution < -0.4 is 0 Å². The average Bonchev–Trinajstić information content (AvgIpc) is 3.62. The van der Waals surface area contributed by atoms with Crippen molar-refractivity contribution >= 4 is 21.8 Å². The second-order valence-electron chi connectivity index (χ2n) is 25.3. The van der Waals surface area contributed by atoms with Crippen molar-refractivity contribution < 1.29 is 8.83 Å². The van der Waals surface area contributed by atoms with Crippen LogP contribution in [0.5, 0.6) is 0 Å². The molecule has 3 aromatic heterocycles. The lowest BCUT2D eigenvalue weighted by Crippen LogP contribution is -2.10. The third kappa shape index (κ3) is 15.0. The molecule has 82 heavy (non-hydrogen) atoms. The van der Waals surface area contributed by atoms with Gasteiger partial charge in [0.1, 0.15) is 0 Å². The van der Waals surface area contributed by atoms with Crippen molar-refractivity contribution in [2.75, 3.05) is 0 Å². The van der Waals surface area contributed by atoms with Crippen molar-refractivity contribution in [1.29, 1.82) is 0 Å². The van der Waals surface area contributed by atoms with Crippen LogP contribution >= 0.6 is 0 Å². The highest BCUT2D eigenvalue weighted by Gasteiger charge is 2.18. The Morgan fingerprint density at radius 3 is 0.915 bits per heavy atom. The van der Waals surface area contributed by atoms with Crippen molar-refractivity contribution in [3.63, 3.8) is 0 Å². The quantitative estimate of drug-likeness (QED) is 0.102. The molecule has 7 nitrogen and oxygen atoms in total. The van der Waals surface area contributed by atoms with Gasteiger partial charge in [0.05, 0.1) is 11.0 Å². The molecule has 0 atom stereocenters. The molecule has 0 aliphatic rings. The molecule has 0 unspecified atom stereocenters. The summed E-state index contributed by atoms with van der Waals surface area (Å²) in [6, 6.07) is 68.7. The van der Waals surface area contributed by atoms with E-state index in [1.165, 1.54) is 85.7 Å². The summed E-state index contributed by atoms with van der Waals surface area (Å²) in [5.74, 6) is 4.41. The first-order chi connectivity index (χ1) is 39.4. The zero-order chi connectivity index (χ0) is 58.0. The minimum Gasteiger partial charge on any atom is -0.416 e. The molecule has 0 spiro atoms. The third-order valence-electron chi connectivity index (χ3n) is 15.3. The Bertz CT molecular complexity index is 3700. The summed E-state index contributed by atoms with van der Waals surface area (Å²) in [6.45, 7) is 26.8. The molecule has 0 saturated heterocycles. The molecular weight excluding hydrogens is 1000 g/mol. The molecule has 0 aliphatic carbocycles. The number of benzene rings is 8. The van der Waals surface area contributed by atoms with E-state index in [1.54, 1.807) is 0 Å². The van der Waals surface area contributed by atoms with E-state index in [2.05, 4.69) is 266 Å². The van der Waals surface area contributed by atoms with Gasteiger partial charge in [-0.05, 0) is 179 Å². The standard InChI is InChI=1S/C29H32N2O.C23H28N2O.C23H23N/c1-20(2)6-7-21-8-10-22(11-9-21)23-12-14-24(15-13-23)27-30-31-28(32-27)25-16-18-26(19-17-25)29(3,4)5;1-16(2)6-7-17-8-10-18(11-9-17)21-24-25-22(26-21)19-12-14-20(15-13-19)23(3,4)5;1-17(2)11-12-18-13-15-19(16-14-18)24-22-9-5-3-7-20(22)21-8-4-6-10-23(21)24/h8-20H,6-7H2,1-5H3;8-16H,6-7H2,1-5H3;3-10,13-17H,11-12H2,1-2H3. The molecule has 0 radical (unpaired) electrons. The van der Waals surface area contributed by atoms with Gasteiger partial charge in [0, 0.05) is 38.7 Å². The molecule has 420 valence electrons. The van der Waals surface area contributed by atoms with Crippen molar-refractivity contribution in [2.45, 2.75) is 132 Å². The maximum Gasteiger partial charge on any atom is 0.248 e. The SMILES string of the molecule is CC(C)CCc1ccc(-c2ccc(-c3nnc(-c4ccc(C(C)(C)C)cc4)o3)cc2)cc1.CC(C)CCc1ccc(-c2nnc(-c3ccc(C(C)(C)C)cc3)o2)cc1.CC(C)CCc1ccc(-n2c3ccccc3c3ccccc32)cc1. The van der Waals surface area contributed by atoms with Crippen LogP contribution in [0.4, 0.5) is 0 Å². The number of hydrogen-bond donors (Lipinski definition) is 0. The summed E-state index contributed by atoms with van der Waals surface area (Å²) < 4.78 is 14.2. The highest BCUT2D eigenvalue weighted by atomic mass is 16.4. The van der Waals surface area contributed by atoms with Crippen LogP contribution in [-0.2, 0) is 30.1 Å². The van der Waals surface area contributed by atoms with Gasteiger partial charge in [-0.25, -0.2) is 0 Å². The minimum atomic E-state index is 0.120. The zero-order valence-electron chi connectivity index (χ0n) is 50.5. The van der Waals surface area contributed by atoms with E-state index in [4.69, 9.17) is 8.83 Å². The van der Waals surface area contributed by atoms with Gasteiger partial charge in [0.15, 0.2) is 0 Å². The molecule has 11 rings (SSSR count). The van der Waals surface area contributed by atoms with Gasteiger partial charge in [-0.1, -0.05) is 204 Å². The van der Waals surface area contributed by atoms with Crippen molar-refractivity contribution in [3.05, 3.63) is 222 Å². The Kier molecular flexibility index (Phi) is 18.7. The van der Waals surface area contributed by atoms with E-state index in [9.17, 15) is 0 Å². The Balaban J connectivity index is 0.000000150. The van der Waals surface area contributed by atoms with Crippen LogP contribution in [0.3, 0.4) is 0 Å². The van der Waals surface area contributed by atoms with Crippen LogP contribution in [0.15, 0.2) is 203 Å². The Morgan fingerprint density at radius 1 is 0.329 bits per heavy atom. The number of aromatic nitrogens is 5. The van der Waals surface area contributed by atoms with Crippen LogP contribution in [0.2, 0.25) is 0 Å². The second kappa shape index (κ2) is 26.2. The summed E-state index contributed by atoms with van der Waals surface area (Å²) in [7, 11) is 0. The van der Waals surface area contributed by atoms with Gasteiger partial charge in [0.25, 0.3) is 0 Å². The van der Waals surface area contributed by atoms with Gasteiger partial charge < -0.3 is 13.4 Å². The summed E-state index contributed by atoms with van der Waals surface area (Å²) in [6.07, 6.45) is 7.07. The van der Waals surface area contributed by atoms with E-state index in [-0.39, 0.29) is 10.8 Å². The van der Waals surface area contributed by atoms with Crippen LogP contribution in [0.1, 0.15) is 130 Å². The molecule has 8 aromatic carbocycles. The molecule has 3 heterocycles. The Hall–Kier alpha value is -8.16. The van der Waals surface area contributed by atoms with Crippen molar-refractivity contribution in [3.8, 4) is 62.6 Å². The number of rotatable bonds is 15. The Morgan fingerprint density at radius 2 is 0.598 bits per heavy atom. The van der Waals surface area contributed by atoms with Gasteiger partial charge in [-0.15, -0.1) is 20.4 Å². The van der Waals surface area contributed by atoms with Crippen LogP contribution in [0, 0.1) is 17.8 Å². The molecule has 0 fully saturated rings. The van der Waals surface area contributed by atoms with E-state index in [1.807, 2.05) is 36.4 Å². The fraction of sp³-hybridized carbons (Fsp3) is 0.307. The molecule has 7 heteroatoms. The van der Waals surface area contributed by atoms with Crippen molar-refractivity contribution in [2.24, 2.45) is 17.8 Å². The summed E-state index contributed by atoms with van der Waals surface area (Å²) in [4.78, 5) is 0. The molecular formula is C75H83N5O2. The van der Waals surface area contributed by atoms with Gasteiger partial charge >= 0.3 is 0 Å². The second-order valence-corrected chi connectivity index (χ2v) is 25.3. The first-order valence-corrected chi connectivity index (χ1v) is 29.6. The molecule has 0 saturated carbocycles. The maximum absolute atomic E-state index is 5.97. The molecule has 0 amide bonds. The fourth-order valence-electron chi connectivity index (χ4n) is 10.0.